The molecule has 0 saturated heterocycles. The van der Waals surface area contributed by atoms with E-state index in [1.807, 2.05) is 47.8 Å². The molecule has 7 rings (SSSR count). The van der Waals surface area contributed by atoms with Crippen LogP contribution in [0.3, 0.4) is 0 Å². The van der Waals surface area contributed by atoms with Crippen molar-refractivity contribution in [3.8, 4) is 5.75 Å². The number of benzene rings is 2. The van der Waals surface area contributed by atoms with Crippen molar-refractivity contribution in [1.82, 2.24) is 15.5 Å². The Morgan fingerprint density at radius 3 is 2.18 bits per heavy atom. The maximum atomic E-state index is 6.41. The van der Waals surface area contributed by atoms with Crippen molar-refractivity contribution in [2.24, 2.45) is 5.41 Å². The molecule has 66 heavy (non-hydrogen) atoms. The first-order chi connectivity index (χ1) is 31.3. The Morgan fingerprint density at radius 1 is 0.894 bits per heavy atom. The fraction of sp³-hybridized carbons (Fsp3) is 0.367. The van der Waals surface area contributed by atoms with E-state index in [0.29, 0.717) is 13.0 Å². The van der Waals surface area contributed by atoms with E-state index in [2.05, 4.69) is 190 Å². The molecule has 1 aliphatic heterocycles. The zero-order valence-electron chi connectivity index (χ0n) is 41.7. The van der Waals surface area contributed by atoms with Crippen LogP contribution in [0.5, 0.6) is 5.75 Å². The summed E-state index contributed by atoms with van der Waals surface area (Å²) < 4.78 is 9.11. The largest absolute Gasteiger partial charge is 0.488 e. The van der Waals surface area contributed by atoms with Crippen molar-refractivity contribution in [3.05, 3.63) is 198 Å². The number of nitrogens with one attached hydrogen (secondary N) is 2. The van der Waals surface area contributed by atoms with Gasteiger partial charge < -0.3 is 20.3 Å². The quantitative estimate of drug-likeness (QED) is 0.118. The van der Waals surface area contributed by atoms with Crippen molar-refractivity contribution in [3.63, 3.8) is 0 Å². The molecular weight excluding hydrogens is 822 g/mol. The molecule has 0 saturated carbocycles. The molecule has 2 heterocycles. The summed E-state index contributed by atoms with van der Waals surface area (Å²) in [6, 6.07) is 14.2. The molecule has 2 N–H and O–H groups in total. The fourth-order valence-electron chi connectivity index (χ4n) is 9.89. The minimum absolute atomic E-state index is 0.0194. The molecule has 0 bridgehead atoms. The number of thiophene rings is 1. The number of hydrogen-bond acceptors (Lipinski definition) is 5. The molecule has 1 aromatic heterocycles. The summed E-state index contributed by atoms with van der Waals surface area (Å²) in [5, 5.41) is 9.34. The Morgan fingerprint density at radius 2 is 1.58 bits per heavy atom. The van der Waals surface area contributed by atoms with Gasteiger partial charge in [0.15, 0.2) is 0 Å². The summed E-state index contributed by atoms with van der Waals surface area (Å²) in [7, 11) is 0. The van der Waals surface area contributed by atoms with Crippen LogP contribution in [0, 0.1) is 5.41 Å². The Labute approximate surface area is 402 Å². The highest BCUT2D eigenvalue weighted by Gasteiger charge is 2.40. The van der Waals surface area contributed by atoms with Gasteiger partial charge in [-0.15, -0.1) is 11.3 Å². The summed E-state index contributed by atoms with van der Waals surface area (Å²) in [5.74, 6) is 0.935. The maximum Gasteiger partial charge on any atom is 0.254 e. The van der Waals surface area contributed by atoms with Crippen molar-refractivity contribution in [1.29, 1.82) is 0 Å². The zero-order chi connectivity index (χ0) is 47.6. The maximum absolute atomic E-state index is 6.41. The zero-order valence-corrected chi connectivity index (χ0v) is 42.5. The monoisotopic (exact) mass is 896 g/mol. The van der Waals surface area contributed by atoms with Gasteiger partial charge in [-0.2, -0.15) is 0 Å². The third-order valence-corrected chi connectivity index (χ3v) is 15.0. The van der Waals surface area contributed by atoms with Crippen LogP contribution in [-0.4, -0.2) is 24.3 Å². The van der Waals surface area contributed by atoms with Gasteiger partial charge in [-0.05, 0) is 147 Å². The van der Waals surface area contributed by atoms with Gasteiger partial charge in [0, 0.05) is 57.3 Å². The van der Waals surface area contributed by atoms with E-state index in [-0.39, 0.29) is 34.4 Å². The third kappa shape index (κ3) is 10.4. The molecule has 0 spiro atoms. The number of hydrogen-bond donors (Lipinski definition) is 2. The van der Waals surface area contributed by atoms with Gasteiger partial charge in [0.2, 0.25) is 0 Å². The van der Waals surface area contributed by atoms with Crippen LogP contribution in [-0.2, 0) is 16.2 Å². The van der Waals surface area contributed by atoms with Gasteiger partial charge in [-0.25, -0.2) is 0 Å². The van der Waals surface area contributed by atoms with Gasteiger partial charge in [-0.1, -0.05) is 150 Å². The average Bonchev–Trinajstić information content (AvgIpc) is 3.89. The number of nitrogens with zero attached hydrogens (tertiary/aromatic N) is 1. The Kier molecular flexibility index (Phi) is 14.3. The topological polar surface area (TPSA) is 36.5 Å². The average molecular weight is 896 g/mol. The van der Waals surface area contributed by atoms with Crippen molar-refractivity contribution < 1.29 is 4.74 Å². The number of ether oxygens (including phenoxy) is 1. The molecule has 1 atom stereocenters. The van der Waals surface area contributed by atoms with Gasteiger partial charge in [0.1, 0.15) is 12.4 Å². The lowest BCUT2D eigenvalue weighted by atomic mass is 9.36. The second-order valence-electron chi connectivity index (χ2n) is 22.0. The SMILES string of the molecule is C=C/C=C(\C=C)N(C1=CC(N/C=C2/COc3cc(C(C)(C)C)ccc32)=C(B(C2=CCCC=C2)c2cc3cc4c(cc3s2)C(C)(C)CCC4(C)C)C(N/C=C/CC(C)(C)C)C1)/C(C=C)=C/C=C. The molecule has 3 aromatic rings. The number of rotatable bonds is 15. The molecule has 0 radical (unpaired) electrons. The first kappa shape index (κ1) is 48.5. The second kappa shape index (κ2) is 19.4. The van der Waals surface area contributed by atoms with Crippen LogP contribution >= 0.6 is 11.3 Å². The van der Waals surface area contributed by atoms with E-state index >= 15 is 0 Å². The fourth-order valence-corrected chi connectivity index (χ4v) is 11.1. The highest BCUT2D eigenvalue weighted by Crippen LogP contribution is 2.48. The molecule has 0 amide bonds. The highest BCUT2D eigenvalue weighted by molar-refractivity contribution is 7.30. The summed E-state index contributed by atoms with van der Waals surface area (Å²) in [5.41, 5.74) is 13.5. The van der Waals surface area contributed by atoms with Gasteiger partial charge in [-0.3, -0.25) is 0 Å². The Bertz CT molecular complexity index is 2570. The molecular formula is C60H74BN3OS. The van der Waals surface area contributed by atoms with E-state index in [1.165, 1.54) is 55.3 Å². The van der Waals surface area contributed by atoms with Crippen molar-refractivity contribution >= 4 is 38.5 Å². The second-order valence-corrected chi connectivity index (χ2v) is 23.1. The highest BCUT2D eigenvalue weighted by atomic mass is 32.1. The predicted molar refractivity (Wildman–Crippen MR) is 289 cm³/mol. The molecule has 4 nitrogen and oxygen atoms in total. The van der Waals surface area contributed by atoms with E-state index in [4.69, 9.17) is 4.74 Å². The number of fused-ring (bicyclic) bond motifs is 3. The van der Waals surface area contributed by atoms with Crippen LogP contribution in [0.1, 0.15) is 130 Å². The van der Waals surface area contributed by atoms with Crippen LogP contribution < -0.4 is 20.1 Å². The molecule has 6 heteroatoms. The molecule has 0 fully saturated rings. The van der Waals surface area contributed by atoms with E-state index in [9.17, 15) is 0 Å². The van der Waals surface area contributed by atoms with Crippen molar-refractivity contribution in [2.75, 3.05) is 6.61 Å². The lowest BCUT2D eigenvalue weighted by molar-refractivity contribution is 0.332. The lowest BCUT2D eigenvalue weighted by Crippen LogP contribution is -2.46. The Hall–Kier alpha value is -5.46. The summed E-state index contributed by atoms with van der Waals surface area (Å²) in [6.45, 7) is 40.5. The first-order valence-corrected chi connectivity index (χ1v) is 24.8. The van der Waals surface area contributed by atoms with E-state index < -0.39 is 0 Å². The minimum atomic E-state index is -0.104. The van der Waals surface area contributed by atoms with Gasteiger partial charge in [0.25, 0.3) is 6.71 Å². The molecule has 3 aliphatic carbocycles. The van der Waals surface area contributed by atoms with Crippen LogP contribution in [0.2, 0.25) is 0 Å². The smallest absolute Gasteiger partial charge is 0.254 e. The van der Waals surface area contributed by atoms with Crippen molar-refractivity contribution in [2.45, 2.75) is 130 Å². The molecule has 2 aromatic carbocycles. The first-order valence-electron chi connectivity index (χ1n) is 24.0. The van der Waals surface area contributed by atoms with Crippen LogP contribution in [0.4, 0.5) is 0 Å². The summed E-state index contributed by atoms with van der Waals surface area (Å²) >= 11 is 1.96. The minimum Gasteiger partial charge on any atom is -0.488 e. The lowest BCUT2D eigenvalue weighted by Gasteiger charge is -2.41. The predicted octanol–water partition coefficient (Wildman–Crippen LogP) is 14.9. The number of allylic oxidation sites excluding steroid dienone is 12. The van der Waals surface area contributed by atoms with Gasteiger partial charge >= 0.3 is 0 Å². The third-order valence-electron chi connectivity index (χ3n) is 13.8. The molecule has 344 valence electrons. The standard InChI is InChI=1S/C60H74BN3OS/c1-15-23-45(17-3)64(46(18-4)24-16-2)47-36-51(62-32-22-29-57(5,6)7)56(52(37-47)63-39-42-40-65-53-35-43(58(8,9)10)27-28-48(42)53)61(44-25-20-19-21-26-44)55-34-41-33-49-50(38-54(41)66-55)60(13,14)31-30-59(49,11)12/h15-18,20,22-28,32-35,37-39,51,62-63H,1-4,19,21,29-31,36,40H2,5-14H3/b32-22+,42-39-,45-23+,46-24+. The van der Waals surface area contributed by atoms with Crippen LogP contribution in [0.15, 0.2) is 176 Å². The van der Waals surface area contributed by atoms with Gasteiger partial charge in [0.05, 0.1) is 0 Å². The van der Waals surface area contributed by atoms with Crippen LogP contribution in [0.25, 0.3) is 15.7 Å². The molecule has 4 aliphatic rings. The summed E-state index contributed by atoms with van der Waals surface area (Å²) in [6.07, 6.45) is 33.7. The Balaban J connectivity index is 1.50. The summed E-state index contributed by atoms with van der Waals surface area (Å²) in [4.78, 5) is 2.24. The van der Waals surface area contributed by atoms with E-state index in [1.54, 1.807) is 0 Å². The van der Waals surface area contributed by atoms with E-state index in [0.717, 1.165) is 58.9 Å². The molecule has 1 unspecified atom stereocenters. The normalized spacial score (nSPS) is 20.0.